The van der Waals surface area contributed by atoms with E-state index in [1.807, 2.05) is 6.56 Å². The Morgan fingerprint density at radius 2 is 1.32 bits per heavy atom. The van der Waals surface area contributed by atoms with Crippen molar-refractivity contribution in [3.8, 4) is 0 Å². The van der Waals surface area contributed by atoms with E-state index < -0.39 is 26.8 Å². The summed E-state index contributed by atoms with van der Waals surface area (Å²) in [5.41, 5.74) is 8.25. The third kappa shape index (κ3) is 5.73. The number of benzene rings is 2. The standard InChI is InChI=1S/C14H15Si.C11H17.C5H5.2ClH.Zr/c1-11-7-3-5-9-13(11)15-14-10-6-4-8-12(14)2;1-4-9-7-8-10(5-2)11(9)6-3;1-2-4-5-3-1;;;/h3-10,15H,1-2H3;4-7H2,1-3H3;1-3H,4H2;2*1H;/q;;;;;+2/p-2. The first-order valence-corrected chi connectivity index (χ1v) is 20.8. The third-order valence-corrected chi connectivity index (χ3v) is 29.0. The van der Waals surface area contributed by atoms with Crippen LogP contribution in [-0.2, 0) is 20.9 Å². The minimum atomic E-state index is -2.17. The summed E-state index contributed by atoms with van der Waals surface area (Å²) < 4.78 is 3.78. The van der Waals surface area contributed by atoms with Crippen molar-refractivity contribution < 1.29 is 45.7 Å². The molecule has 2 aromatic carbocycles. The van der Waals surface area contributed by atoms with Gasteiger partial charge in [-0.2, -0.15) is 0 Å². The molecule has 0 radical (unpaired) electrons. The van der Waals surface area contributed by atoms with Crippen molar-refractivity contribution in [1.29, 1.82) is 0 Å². The summed E-state index contributed by atoms with van der Waals surface area (Å²) >= 11 is -2.17. The Morgan fingerprint density at radius 3 is 1.76 bits per heavy atom. The van der Waals surface area contributed by atoms with E-state index in [1.54, 1.807) is 27.1 Å². The summed E-state index contributed by atoms with van der Waals surface area (Å²) in [5, 5.41) is 3.41. The Hall–Kier alpha value is -0.920. The van der Waals surface area contributed by atoms with Crippen molar-refractivity contribution in [2.75, 3.05) is 0 Å². The number of hydrogen-bond acceptors (Lipinski definition) is 0. The van der Waals surface area contributed by atoms with Gasteiger partial charge >= 0.3 is 205 Å². The second-order valence-corrected chi connectivity index (χ2v) is 24.0. The number of aryl methyl sites for hydroxylation is 2. The van der Waals surface area contributed by atoms with E-state index in [-0.39, 0.29) is 24.8 Å². The predicted octanol–water partition coefficient (Wildman–Crippen LogP) is 0.796. The molecule has 0 spiro atoms. The molecule has 0 unspecified atom stereocenters. The first-order chi connectivity index (χ1) is 15.6. The zero-order valence-electron chi connectivity index (χ0n) is 21.2. The summed E-state index contributed by atoms with van der Waals surface area (Å²) in [4.78, 5) is 0. The van der Waals surface area contributed by atoms with Crippen LogP contribution in [0.25, 0.3) is 0 Å². The fourth-order valence-electron chi connectivity index (χ4n) is 5.81. The van der Waals surface area contributed by atoms with Gasteiger partial charge in [0.25, 0.3) is 0 Å². The van der Waals surface area contributed by atoms with Crippen LogP contribution in [0.5, 0.6) is 0 Å². The van der Waals surface area contributed by atoms with Gasteiger partial charge in [0, 0.05) is 0 Å². The molecule has 4 heteroatoms. The maximum absolute atomic E-state index is 2.53. The molecule has 0 amide bonds. The van der Waals surface area contributed by atoms with E-state index >= 15 is 0 Å². The van der Waals surface area contributed by atoms with Crippen LogP contribution >= 0.6 is 0 Å². The zero-order valence-corrected chi connectivity index (χ0v) is 26.3. The van der Waals surface area contributed by atoms with Gasteiger partial charge in [0.1, 0.15) is 0 Å². The minimum Gasteiger partial charge on any atom is -1.00 e. The van der Waals surface area contributed by atoms with Crippen molar-refractivity contribution in [3.05, 3.63) is 101 Å². The van der Waals surface area contributed by atoms with Gasteiger partial charge in [-0.3, -0.25) is 0 Å². The molecule has 0 bridgehead atoms. The smallest absolute Gasteiger partial charge is 1.00 e. The van der Waals surface area contributed by atoms with Crippen LogP contribution in [0.2, 0.25) is 0 Å². The Morgan fingerprint density at radius 1 is 0.765 bits per heavy atom. The second kappa shape index (κ2) is 13.4. The fraction of sp³-hybridized carbons (Fsp3) is 0.333. The number of rotatable bonds is 8. The quantitative estimate of drug-likeness (QED) is 0.401. The van der Waals surface area contributed by atoms with Crippen molar-refractivity contribution >= 4 is 16.3 Å². The van der Waals surface area contributed by atoms with Gasteiger partial charge < -0.3 is 24.8 Å². The SMILES string of the molecule is CCC1=C(CC)C(CC)=[C]([Zr+2]([C]2=CC=CC2)[SiH](c2ccccc2C)c2ccccc2C)C1.[Cl-].[Cl-]. The van der Waals surface area contributed by atoms with E-state index in [1.165, 1.54) is 43.2 Å². The molecule has 0 nitrogen and oxygen atoms in total. The van der Waals surface area contributed by atoms with Gasteiger partial charge in [0.15, 0.2) is 0 Å². The van der Waals surface area contributed by atoms with Gasteiger partial charge in [-0.1, -0.05) is 0 Å². The molecule has 0 aromatic heterocycles. The van der Waals surface area contributed by atoms with E-state index in [0.717, 1.165) is 0 Å². The van der Waals surface area contributed by atoms with Crippen LogP contribution in [0, 0.1) is 13.8 Å². The van der Waals surface area contributed by atoms with Gasteiger partial charge in [0.05, 0.1) is 0 Å². The molecule has 0 atom stereocenters. The summed E-state index contributed by atoms with van der Waals surface area (Å²) in [6.07, 6.45) is 13.4. The average Bonchev–Trinajstić information content (AvgIpc) is 3.46. The fourth-order valence-corrected chi connectivity index (χ4v) is 31.8. The van der Waals surface area contributed by atoms with Gasteiger partial charge in [-0.15, -0.1) is 0 Å². The summed E-state index contributed by atoms with van der Waals surface area (Å²) in [6.45, 7) is 11.9. The monoisotopic (exact) mass is 585 g/mol. The van der Waals surface area contributed by atoms with E-state index in [2.05, 4.69) is 101 Å². The first-order valence-electron chi connectivity index (χ1n) is 12.4. The maximum Gasteiger partial charge on any atom is -1.00 e. The Labute approximate surface area is 228 Å². The molecule has 0 N–H and O–H groups in total. The molecule has 2 aliphatic rings. The largest absolute Gasteiger partial charge is 1.00 e. The molecule has 34 heavy (non-hydrogen) atoms. The second-order valence-electron chi connectivity index (χ2n) is 9.16. The zero-order chi connectivity index (χ0) is 22.7. The Balaban J connectivity index is 0.00000204. The normalized spacial score (nSPS) is 14.9. The van der Waals surface area contributed by atoms with Gasteiger partial charge in [-0.05, 0) is 0 Å². The summed E-state index contributed by atoms with van der Waals surface area (Å²) in [5.74, 6) is -1.38. The van der Waals surface area contributed by atoms with Crippen LogP contribution in [-0.4, -0.2) is 5.92 Å². The maximum atomic E-state index is 2.53. The van der Waals surface area contributed by atoms with Crippen molar-refractivity contribution in [2.45, 2.75) is 66.7 Å². The first kappa shape index (κ1) is 29.3. The average molecular weight is 588 g/mol. The number of hydrogen-bond donors (Lipinski definition) is 0. The van der Waals surface area contributed by atoms with Gasteiger partial charge in [-0.25, -0.2) is 0 Å². The molecule has 0 heterocycles. The molecular formula is C30H37Cl2SiZr. The minimum absolute atomic E-state index is 0. The molecule has 0 fully saturated rings. The molecule has 2 aromatic rings. The van der Waals surface area contributed by atoms with Crippen LogP contribution in [0.3, 0.4) is 0 Å². The molecule has 2 aliphatic carbocycles. The molecule has 179 valence electrons. The Bertz CT molecular complexity index is 1080. The van der Waals surface area contributed by atoms with E-state index in [4.69, 9.17) is 0 Å². The number of allylic oxidation sites excluding steroid dienone is 8. The molecule has 0 saturated carbocycles. The Kier molecular flexibility index (Phi) is 11.6. The van der Waals surface area contributed by atoms with E-state index in [0.29, 0.717) is 0 Å². The van der Waals surface area contributed by atoms with Gasteiger partial charge in [0.2, 0.25) is 0 Å². The molecule has 0 saturated heterocycles. The van der Waals surface area contributed by atoms with Crippen LogP contribution in [0.15, 0.2) is 90.0 Å². The van der Waals surface area contributed by atoms with Crippen molar-refractivity contribution in [2.24, 2.45) is 0 Å². The van der Waals surface area contributed by atoms with Crippen LogP contribution < -0.4 is 35.2 Å². The molecule has 4 rings (SSSR count). The third-order valence-electron chi connectivity index (χ3n) is 7.41. The van der Waals surface area contributed by atoms with Crippen LogP contribution in [0.1, 0.15) is 64.0 Å². The summed E-state index contributed by atoms with van der Waals surface area (Å²) in [6, 6.07) is 18.7. The molecular weight excluding hydrogens is 551 g/mol. The summed E-state index contributed by atoms with van der Waals surface area (Å²) in [7, 11) is 0. The van der Waals surface area contributed by atoms with Crippen molar-refractivity contribution in [3.63, 3.8) is 0 Å². The van der Waals surface area contributed by atoms with Crippen molar-refractivity contribution in [1.82, 2.24) is 0 Å². The van der Waals surface area contributed by atoms with Crippen LogP contribution in [0.4, 0.5) is 0 Å². The van der Waals surface area contributed by atoms with E-state index in [9.17, 15) is 0 Å². The predicted molar refractivity (Wildman–Crippen MR) is 140 cm³/mol. The number of halogens is 2. The molecule has 0 aliphatic heterocycles. The topological polar surface area (TPSA) is 0 Å².